The molecular formula is C20H20F3N3O5S. The molecule has 2 aromatic rings. The van der Waals surface area contributed by atoms with E-state index in [0.29, 0.717) is 18.8 Å². The number of amides is 1. The number of sulfone groups is 1. The van der Waals surface area contributed by atoms with E-state index in [1.165, 1.54) is 6.07 Å². The van der Waals surface area contributed by atoms with Gasteiger partial charge in [0.25, 0.3) is 11.6 Å². The lowest BCUT2D eigenvalue weighted by Gasteiger charge is -2.31. The molecule has 0 bridgehead atoms. The Labute approximate surface area is 182 Å². The summed E-state index contributed by atoms with van der Waals surface area (Å²) in [5, 5.41) is 13.7. The number of nitrogens with zero attached hydrogens (tertiary/aromatic N) is 2. The molecule has 8 nitrogen and oxygen atoms in total. The number of alkyl halides is 3. The van der Waals surface area contributed by atoms with Crippen molar-refractivity contribution in [3.05, 3.63) is 57.6 Å². The summed E-state index contributed by atoms with van der Waals surface area (Å²) in [5.41, 5.74) is -1.67. The molecule has 0 spiro atoms. The van der Waals surface area contributed by atoms with Crippen LogP contribution >= 0.6 is 0 Å². The van der Waals surface area contributed by atoms with Gasteiger partial charge < -0.3 is 10.2 Å². The normalized spacial score (nSPS) is 14.8. The Hall–Kier alpha value is -3.15. The number of anilines is 2. The van der Waals surface area contributed by atoms with Gasteiger partial charge in [0.1, 0.15) is 4.90 Å². The SMILES string of the molecule is CS(=O)(=O)c1ccc(C(=O)Nc2cc(C(F)(F)F)ccc2N2CCCCC2)cc1[N+](=O)[O-]. The number of hydrogen-bond donors (Lipinski definition) is 1. The third-order valence-corrected chi connectivity index (χ3v) is 6.23. The van der Waals surface area contributed by atoms with Crippen molar-refractivity contribution < 1.29 is 31.3 Å². The van der Waals surface area contributed by atoms with Crippen LogP contribution in [0.3, 0.4) is 0 Å². The van der Waals surface area contributed by atoms with Crippen molar-refractivity contribution in [2.75, 3.05) is 29.6 Å². The number of hydrogen-bond acceptors (Lipinski definition) is 6. The lowest BCUT2D eigenvalue weighted by Crippen LogP contribution is -2.30. The summed E-state index contributed by atoms with van der Waals surface area (Å²) in [7, 11) is -3.93. The van der Waals surface area contributed by atoms with E-state index in [-0.39, 0.29) is 11.3 Å². The molecule has 2 aromatic carbocycles. The summed E-state index contributed by atoms with van der Waals surface area (Å²) in [5.74, 6) is -0.897. The van der Waals surface area contributed by atoms with Gasteiger partial charge in [-0.2, -0.15) is 13.2 Å². The van der Waals surface area contributed by atoms with E-state index in [9.17, 15) is 36.5 Å². The Balaban J connectivity index is 2.00. The maximum Gasteiger partial charge on any atom is 0.416 e. The van der Waals surface area contributed by atoms with Gasteiger partial charge in [-0.05, 0) is 49.6 Å². The van der Waals surface area contributed by atoms with Crippen LogP contribution in [-0.4, -0.2) is 38.6 Å². The smallest absolute Gasteiger partial charge is 0.370 e. The minimum atomic E-state index is -4.63. The number of rotatable bonds is 5. The second kappa shape index (κ2) is 8.77. The minimum Gasteiger partial charge on any atom is -0.370 e. The number of nitro benzene ring substituents is 1. The van der Waals surface area contributed by atoms with E-state index in [0.717, 1.165) is 55.9 Å². The maximum absolute atomic E-state index is 13.2. The first-order valence-corrected chi connectivity index (χ1v) is 11.5. The molecule has 172 valence electrons. The van der Waals surface area contributed by atoms with Crippen LogP contribution in [0.25, 0.3) is 0 Å². The number of nitro groups is 1. The average Bonchev–Trinajstić information content (AvgIpc) is 2.72. The van der Waals surface area contributed by atoms with Crippen molar-refractivity contribution in [2.45, 2.75) is 30.3 Å². The molecule has 0 unspecified atom stereocenters. The van der Waals surface area contributed by atoms with Gasteiger partial charge >= 0.3 is 6.18 Å². The van der Waals surface area contributed by atoms with E-state index in [4.69, 9.17) is 0 Å². The van der Waals surface area contributed by atoms with Gasteiger partial charge in [0.05, 0.1) is 21.9 Å². The summed E-state index contributed by atoms with van der Waals surface area (Å²) in [6, 6.07) is 5.85. The molecule has 12 heteroatoms. The second-order valence-corrected chi connectivity index (χ2v) is 9.43. The molecule has 1 heterocycles. The molecule has 1 aliphatic rings. The molecule has 0 radical (unpaired) electrons. The van der Waals surface area contributed by atoms with E-state index >= 15 is 0 Å². The Morgan fingerprint density at radius 1 is 1.09 bits per heavy atom. The number of nitrogens with one attached hydrogen (secondary N) is 1. The molecule has 1 amide bonds. The van der Waals surface area contributed by atoms with Gasteiger partial charge in [0, 0.05) is 31.0 Å². The molecule has 1 saturated heterocycles. The van der Waals surface area contributed by atoms with Crippen molar-refractivity contribution >= 4 is 32.8 Å². The standard InChI is InChI=1S/C20H20F3N3O5S/c1-32(30,31)18-8-5-13(11-17(18)26(28)29)19(27)24-15-12-14(20(21,22)23)6-7-16(15)25-9-3-2-4-10-25/h5-8,11-12H,2-4,9-10H2,1H3,(H,24,27). The van der Waals surface area contributed by atoms with Gasteiger partial charge in [0.15, 0.2) is 9.84 Å². The fraction of sp³-hybridized carbons (Fsp3) is 0.350. The van der Waals surface area contributed by atoms with Crippen LogP contribution < -0.4 is 10.2 Å². The zero-order valence-corrected chi connectivity index (χ0v) is 17.8. The molecule has 0 aliphatic carbocycles. The zero-order valence-electron chi connectivity index (χ0n) is 17.0. The predicted molar refractivity (Wildman–Crippen MR) is 112 cm³/mol. The van der Waals surface area contributed by atoms with Crippen LogP contribution in [0.1, 0.15) is 35.2 Å². The van der Waals surface area contributed by atoms with Crippen LogP contribution in [0, 0.1) is 10.1 Å². The topological polar surface area (TPSA) is 110 Å². The Morgan fingerprint density at radius 2 is 1.75 bits per heavy atom. The minimum absolute atomic E-state index is 0.0819. The van der Waals surface area contributed by atoms with Crippen molar-refractivity contribution in [2.24, 2.45) is 0 Å². The van der Waals surface area contributed by atoms with Crippen molar-refractivity contribution in [1.29, 1.82) is 0 Å². The molecule has 0 atom stereocenters. The third kappa shape index (κ3) is 5.18. The lowest BCUT2D eigenvalue weighted by molar-refractivity contribution is -0.387. The molecule has 0 aromatic heterocycles. The summed E-state index contributed by atoms with van der Waals surface area (Å²) < 4.78 is 63.3. The van der Waals surface area contributed by atoms with Crippen LogP contribution in [0.15, 0.2) is 41.3 Å². The average molecular weight is 471 g/mol. The van der Waals surface area contributed by atoms with E-state index < -0.39 is 43.0 Å². The van der Waals surface area contributed by atoms with Crippen LogP contribution in [0.5, 0.6) is 0 Å². The third-order valence-electron chi connectivity index (χ3n) is 5.09. The van der Waals surface area contributed by atoms with Crippen LogP contribution in [-0.2, 0) is 16.0 Å². The fourth-order valence-corrected chi connectivity index (χ4v) is 4.36. The fourth-order valence-electron chi connectivity index (χ4n) is 3.53. The van der Waals surface area contributed by atoms with Gasteiger partial charge in [0.2, 0.25) is 0 Å². The maximum atomic E-state index is 13.2. The molecular weight excluding hydrogens is 451 g/mol. The van der Waals surface area contributed by atoms with Crippen LogP contribution in [0.4, 0.5) is 30.2 Å². The van der Waals surface area contributed by atoms with Gasteiger partial charge in [-0.25, -0.2) is 8.42 Å². The number of benzene rings is 2. The largest absolute Gasteiger partial charge is 0.416 e. The summed E-state index contributed by atoms with van der Waals surface area (Å²) in [4.78, 5) is 24.4. The molecule has 1 N–H and O–H groups in total. The van der Waals surface area contributed by atoms with Gasteiger partial charge in [-0.15, -0.1) is 0 Å². The highest BCUT2D eigenvalue weighted by atomic mass is 32.2. The number of halogens is 3. The molecule has 3 rings (SSSR count). The molecule has 1 aliphatic heterocycles. The number of carbonyl (C=O) groups excluding carboxylic acids is 1. The van der Waals surface area contributed by atoms with Crippen molar-refractivity contribution in [3.8, 4) is 0 Å². The Morgan fingerprint density at radius 3 is 2.31 bits per heavy atom. The summed E-state index contributed by atoms with van der Waals surface area (Å²) >= 11 is 0. The first-order chi connectivity index (χ1) is 14.9. The Bertz CT molecular complexity index is 1160. The van der Waals surface area contributed by atoms with Crippen molar-refractivity contribution in [3.63, 3.8) is 0 Å². The molecule has 32 heavy (non-hydrogen) atoms. The predicted octanol–water partition coefficient (Wildman–Crippen LogP) is 4.26. The number of piperidine rings is 1. The van der Waals surface area contributed by atoms with E-state index in [1.807, 2.05) is 4.90 Å². The molecule has 1 fully saturated rings. The highest BCUT2D eigenvalue weighted by Gasteiger charge is 2.32. The summed E-state index contributed by atoms with van der Waals surface area (Å²) in [6.45, 7) is 1.23. The first-order valence-electron chi connectivity index (χ1n) is 9.64. The van der Waals surface area contributed by atoms with E-state index in [2.05, 4.69) is 5.32 Å². The zero-order chi connectivity index (χ0) is 23.7. The summed E-state index contributed by atoms with van der Waals surface area (Å²) in [6.07, 6.45) is -1.13. The molecule has 0 saturated carbocycles. The second-order valence-electron chi connectivity index (χ2n) is 7.44. The van der Waals surface area contributed by atoms with E-state index in [1.54, 1.807) is 0 Å². The quantitative estimate of drug-likeness (QED) is 0.516. The lowest BCUT2D eigenvalue weighted by atomic mass is 10.1. The Kier molecular flexibility index (Phi) is 6.44. The highest BCUT2D eigenvalue weighted by molar-refractivity contribution is 7.90. The monoisotopic (exact) mass is 471 g/mol. The van der Waals surface area contributed by atoms with Crippen molar-refractivity contribution in [1.82, 2.24) is 0 Å². The highest BCUT2D eigenvalue weighted by Crippen LogP contribution is 2.36. The number of carbonyl (C=O) groups is 1. The van der Waals surface area contributed by atoms with Crippen LogP contribution in [0.2, 0.25) is 0 Å². The first kappa shape index (κ1) is 23.5. The van der Waals surface area contributed by atoms with Gasteiger partial charge in [-0.3, -0.25) is 14.9 Å². The van der Waals surface area contributed by atoms with Gasteiger partial charge in [-0.1, -0.05) is 0 Å².